The second-order valence-electron chi connectivity index (χ2n) is 2.99. The van der Waals surface area contributed by atoms with Gasteiger partial charge in [0.1, 0.15) is 0 Å². The first-order valence-electron chi connectivity index (χ1n) is 4.30. The number of hydrogen-bond donors (Lipinski definition) is 1. The molecule has 0 aliphatic rings. The number of hydrogen-bond acceptors (Lipinski definition) is 1. The highest BCUT2D eigenvalue weighted by molar-refractivity contribution is 6.30. The first kappa shape index (κ1) is 13.5. The average molecular weight is 268 g/mol. The number of benzene rings is 1. The van der Waals surface area contributed by atoms with Crippen LogP contribution in [0.3, 0.4) is 0 Å². The quantitative estimate of drug-likeness (QED) is 0.642. The zero-order chi connectivity index (χ0) is 13.1. The van der Waals surface area contributed by atoms with Gasteiger partial charge in [0.25, 0.3) is 5.91 Å². The van der Waals surface area contributed by atoms with Crippen LogP contribution in [-0.4, -0.2) is 12.1 Å². The second kappa shape index (κ2) is 5.18. The number of allylic oxidation sites excluding steroid dienone is 1. The van der Waals surface area contributed by atoms with Gasteiger partial charge in [0.05, 0.1) is 0 Å². The third kappa shape index (κ3) is 4.44. The Morgan fingerprint density at radius 2 is 1.76 bits per heavy atom. The Labute approximate surface area is 98.9 Å². The van der Waals surface area contributed by atoms with E-state index in [-0.39, 0.29) is 11.8 Å². The molecule has 0 spiro atoms. The third-order valence-corrected chi connectivity index (χ3v) is 1.89. The molecule has 0 atom stereocenters. The maximum atomic E-state index is 12.4. The van der Waals surface area contributed by atoms with Crippen molar-refractivity contribution in [3.05, 3.63) is 41.2 Å². The number of nitrogens with one attached hydrogen (secondary N) is 1. The van der Waals surface area contributed by atoms with Gasteiger partial charge in [-0.2, -0.15) is 13.2 Å². The molecule has 0 fully saturated rings. The standard InChI is InChI=1S/C10H6ClF4NO/c11-6-1-3-7(4-2-6)16-9(17)5-8(12)10(13,14)15/h1-5H,(H,16,17)/b8-5-. The lowest BCUT2D eigenvalue weighted by molar-refractivity contribution is -0.117. The van der Waals surface area contributed by atoms with E-state index in [0.29, 0.717) is 5.02 Å². The molecule has 0 bridgehead atoms. The van der Waals surface area contributed by atoms with E-state index in [4.69, 9.17) is 11.6 Å². The van der Waals surface area contributed by atoms with Crippen molar-refractivity contribution < 1.29 is 22.4 Å². The number of alkyl halides is 3. The normalized spacial score (nSPS) is 12.4. The molecule has 1 N–H and O–H groups in total. The van der Waals surface area contributed by atoms with Crippen molar-refractivity contribution in [3.8, 4) is 0 Å². The molecule has 1 amide bonds. The molecular formula is C10H6ClF4NO. The summed E-state index contributed by atoms with van der Waals surface area (Å²) >= 11 is 5.56. The van der Waals surface area contributed by atoms with Gasteiger partial charge < -0.3 is 5.32 Å². The molecule has 0 saturated heterocycles. The predicted molar refractivity (Wildman–Crippen MR) is 55.3 cm³/mol. The average Bonchev–Trinajstić information content (AvgIpc) is 2.20. The SMILES string of the molecule is O=C(/C=C(\F)C(F)(F)F)Nc1ccc(Cl)cc1. The highest BCUT2D eigenvalue weighted by Gasteiger charge is 2.35. The fourth-order valence-electron chi connectivity index (χ4n) is 0.908. The van der Waals surface area contributed by atoms with Crippen molar-refractivity contribution in [3.63, 3.8) is 0 Å². The molecule has 0 saturated carbocycles. The Bertz CT molecular complexity index is 439. The number of anilines is 1. The largest absolute Gasteiger partial charge is 0.443 e. The van der Waals surface area contributed by atoms with E-state index in [2.05, 4.69) is 5.32 Å². The minimum atomic E-state index is -5.16. The van der Waals surface area contributed by atoms with Crippen LogP contribution in [0.25, 0.3) is 0 Å². The van der Waals surface area contributed by atoms with Crippen molar-refractivity contribution in [2.45, 2.75) is 6.18 Å². The van der Waals surface area contributed by atoms with Crippen molar-refractivity contribution in [1.29, 1.82) is 0 Å². The van der Waals surface area contributed by atoms with Crippen molar-refractivity contribution in [2.75, 3.05) is 5.32 Å². The summed E-state index contributed by atoms with van der Waals surface area (Å²) in [5.41, 5.74) is 0.214. The zero-order valence-corrected chi connectivity index (χ0v) is 8.94. The van der Waals surface area contributed by atoms with Crippen LogP contribution < -0.4 is 5.32 Å². The van der Waals surface area contributed by atoms with Crippen LogP contribution in [0.4, 0.5) is 23.2 Å². The van der Waals surface area contributed by atoms with Crippen molar-refractivity contribution in [2.24, 2.45) is 0 Å². The van der Waals surface area contributed by atoms with Crippen molar-refractivity contribution in [1.82, 2.24) is 0 Å². The minimum Gasteiger partial charge on any atom is -0.322 e. The predicted octanol–water partition coefficient (Wildman–Crippen LogP) is 3.69. The number of carbonyl (C=O) groups is 1. The number of halogens is 5. The Balaban J connectivity index is 2.71. The zero-order valence-electron chi connectivity index (χ0n) is 8.18. The summed E-state index contributed by atoms with van der Waals surface area (Å²) in [5, 5.41) is 2.46. The fraction of sp³-hybridized carbons (Fsp3) is 0.100. The molecule has 1 aromatic carbocycles. The maximum Gasteiger partial charge on any atom is 0.443 e. The summed E-state index contributed by atoms with van der Waals surface area (Å²) in [6.45, 7) is 0. The summed E-state index contributed by atoms with van der Waals surface area (Å²) in [7, 11) is 0. The molecular weight excluding hydrogens is 262 g/mol. The highest BCUT2D eigenvalue weighted by atomic mass is 35.5. The van der Waals surface area contributed by atoms with Crippen LogP contribution in [0.1, 0.15) is 0 Å². The molecule has 2 nitrogen and oxygen atoms in total. The van der Waals surface area contributed by atoms with E-state index in [0.717, 1.165) is 0 Å². The van der Waals surface area contributed by atoms with Crippen LogP contribution in [-0.2, 0) is 4.79 Å². The van der Waals surface area contributed by atoms with Crippen LogP contribution in [0.2, 0.25) is 5.02 Å². The first-order chi connectivity index (χ1) is 7.79. The summed E-state index contributed by atoms with van der Waals surface area (Å²) in [6.07, 6.45) is -5.31. The second-order valence-corrected chi connectivity index (χ2v) is 3.42. The van der Waals surface area contributed by atoms with Gasteiger partial charge in [0.15, 0.2) is 0 Å². The molecule has 7 heteroatoms. The molecule has 0 radical (unpaired) electrons. The van der Waals surface area contributed by atoms with Gasteiger partial charge >= 0.3 is 6.18 Å². The van der Waals surface area contributed by atoms with Crippen LogP contribution in [0, 0.1) is 0 Å². The lowest BCUT2D eigenvalue weighted by atomic mass is 10.3. The Morgan fingerprint density at radius 1 is 1.24 bits per heavy atom. The monoisotopic (exact) mass is 267 g/mol. The molecule has 1 rings (SSSR count). The number of amides is 1. The summed E-state index contributed by atoms with van der Waals surface area (Å²) < 4.78 is 47.7. The fourth-order valence-corrected chi connectivity index (χ4v) is 1.03. The summed E-state index contributed by atoms with van der Waals surface area (Å²) in [6, 6.07) is 5.61. The van der Waals surface area contributed by atoms with E-state index in [9.17, 15) is 22.4 Å². The van der Waals surface area contributed by atoms with Crippen molar-refractivity contribution >= 4 is 23.2 Å². The number of rotatable bonds is 2. The van der Waals surface area contributed by atoms with E-state index in [1.807, 2.05) is 0 Å². The summed E-state index contributed by atoms with van der Waals surface area (Å²) in [5.74, 6) is -3.66. The maximum absolute atomic E-state index is 12.4. The van der Waals surface area contributed by atoms with Crippen LogP contribution in [0.5, 0.6) is 0 Å². The van der Waals surface area contributed by atoms with Gasteiger partial charge in [-0.05, 0) is 24.3 Å². The number of carbonyl (C=O) groups excluding carboxylic acids is 1. The van der Waals surface area contributed by atoms with E-state index >= 15 is 0 Å². The van der Waals surface area contributed by atoms with E-state index in [1.165, 1.54) is 24.3 Å². The first-order valence-corrected chi connectivity index (χ1v) is 4.68. The lowest BCUT2D eigenvalue weighted by Crippen LogP contribution is -2.14. The molecule has 0 aromatic heterocycles. The van der Waals surface area contributed by atoms with Gasteiger partial charge in [-0.15, -0.1) is 0 Å². The van der Waals surface area contributed by atoms with Gasteiger partial charge in [-0.3, -0.25) is 4.79 Å². The van der Waals surface area contributed by atoms with Crippen LogP contribution in [0.15, 0.2) is 36.2 Å². The molecule has 0 aliphatic carbocycles. The van der Waals surface area contributed by atoms with Gasteiger partial charge in [0, 0.05) is 16.8 Å². The lowest BCUT2D eigenvalue weighted by Gasteiger charge is -2.04. The van der Waals surface area contributed by atoms with Crippen LogP contribution >= 0.6 is 11.6 Å². The Kier molecular flexibility index (Phi) is 4.11. The van der Waals surface area contributed by atoms with E-state index < -0.39 is 17.9 Å². The topological polar surface area (TPSA) is 29.1 Å². The van der Waals surface area contributed by atoms with E-state index in [1.54, 1.807) is 0 Å². The summed E-state index contributed by atoms with van der Waals surface area (Å²) in [4.78, 5) is 11.0. The smallest absolute Gasteiger partial charge is 0.322 e. The Hall–Kier alpha value is -1.56. The molecule has 0 heterocycles. The van der Waals surface area contributed by atoms with Gasteiger partial charge in [-0.25, -0.2) is 4.39 Å². The molecule has 0 aliphatic heterocycles. The molecule has 17 heavy (non-hydrogen) atoms. The molecule has 0 unspecified atom stereocenters. The highest BCUT2D eigenvalue weighted by Crippen LogP contribution is 2.26. The third-order valence-electron chi connectivity index (χ3n) is 1.64. The molecule has 1 aromatic rings. The van der Waals surface area contributed by atoms with Gasteiger partial charge in [0.2, 0.25) is 5.83 Å². The Morgan fingerprint density at radius 3 is 2.24 bits per heavy atom. The molecule has 92 valence electrons. The van der Waals surface area contributed by atoms with Gasteiger partial charge in [-0.1, -0.05) is 11.6 Å². The minimum absolute atomic E-state index is 0.158.